The summed E-state index contributed by atoms with van der Waals surface area (Å²) in [5, 5.41) is 0. The summed E-state index contributed by atoms with van der Waals surface area (Å²) in [7, 11) is 0. The first kappa shape index (κ1) is 16.9. The number of carbonyl (C=O) groups excluding carboxylic acids is 2. The minimum absolute atomic E-state index is 0.0413. The van der Waals surface area contributed by atoms with E-state index in [-0.39, 0.29) is 31.1 Å². The highest BCUT2D eigenvalue weighted by atomic mass is 16.5. The molecule has 1 aromatic rings. The first-order chi connectivity index (χ1) is 11.4. The molecule has 2 saturated heterocycles. The third-order valence-electron chi connectivity index (χ3n) is 4.48. The Labute approximate surface area is 140 Å². The van der Waals surface area contributed by atoms with Gasteiger partial charge in [0, 0.05) is 12.6 Å². The van der Waals surface area contributed by atoms with E-state index in [4.69, 9.17) is 13.9 Å². The number of morpholine rings is 1. The number of oxazole rings is 1. The molecule has 3 rings (SSSR count). The van der Waals surface area contributed by atoms with Gasteiger partial charge in [-0.2, -0.15) is 0 Å². The first-order valence-corrected chi connectivity index (χ1v) is 8.12. The van der Waals surface area contributed by atoms with E-state index in [1.165, 1.54) is 6.39 Å². The lowest BCUT2D eigenvalue weighted by Crippen LogP contribution is -2.60. The van der Waals surface area contributed by atoms with E-state index >= 15 is 0 Å². The zero-order valence-electron chi connectivity index (χ0n) is 14.3. The van der Waals surface area contributed by atoms with Crippen LogP contribution in [0.4, 0.5) is 0 Å². The minimum atomic E-state index is -0.706. The number of aromatic nitrogens is 1. The summed E-state index contributed by atoms with van der Waals surface area (Å²) in [5.41, 5.74) is -0.388. The predicted octanol–water partition coefficient (Wildman–Crippen LogP) is 0.461. The lowest BCUT2D eigenvalue weighted by molar-refractivity contribution is -0.140. The predicted molar refractivity (Wildman–Crippen MR) is 83.5 cm³/mol. The average molecular weight is 337 g/mol. The van der Waals surface area contributed by atoms with Crippen molar-refractivity contribution in [2.24, 2.45) is 0 Å². The summed E-state index contributed by atoms with van der Waals surface area (Å²) < 4.78 is 16.6. The average Bonchev–Trinajstić information content (AvgIpc) is 2.91. The van der Waals surface area contributed by atoms with Crippen LogP contribution in [0, 0.1) is 6.92 Å². The summed E-state index contributed by atoms with van der Waals surface area (Å²) >= 11 is 0. The lowest BCUT2D eigenvalue weighted by atomic mass is 10.0. The smallest absolute Gasteiger partial charge is 0.276 e. The largest absolute Gasteiger partial charge is 0.448 e. The molecule has 1 spiro atoms. The maximum Gasteiger partial charge on any atom is 0.276 e. The van der Waals surface area contributed by atoms with Crippen molar-refractivity contribution >= 4 is 11.8 Å². The fourth-order valence-electron chi connectivity index (χ4n) is 3.18. The molecule has 1 atom stereocenters. The zero-order valence-corrected chi connectivity index (χ0v) is 14.3. The van der Waals surface area contributed by atoms with Gasteiger partial charge >= 0.3 is 0 Å². The third kappa shape index (κ3) is 3.16. The molecule has 3 heterocycles. The minimum Gasteiger partial charge on any atom is -0.448 e. The van der Waals surface area contributed by atoms with Crippen LogP contribution in [-0.2, 0) is 14.3 Å². The molecule has 132 valence electrons. The Kier molecular flexibility index (Phi) is 4.60. The molecule has 2 fully saturated rings. The zero-order chi connectivity index (χ0) is 17.3. The van der Waals surface area contributed by atoms with Crippen molar-refractivity contribution < 1.29 is 23.5 Å². The Morgan fingerprint density at radius 3 is 2.83 bits per heavy atom. The first-order valence-electron chi connectivity index (χ1n) is 8.12. The second-order valence-corrected chi connectivity index (χ2v) is 6.62. The van der Waals surface area contributed by atoms with Gasteiger partial charge in [-0.05, 0) is 20.8 Å². The highest BCUT2D eigenvalue weighted by Gasteiger charge is 2.44. The maximum atomic E-state index is 12.7. The molecule has 0 aliphatic carbocycles. The third-order valence-corrected chi connectivity index (χ3v) is 4.48. The van der Waals surface area contributed by atoms with Crippen molar-refractivity contribution in [1.29, 1.82) is 0 Å². The molecule has 2 aliphatic heterocycles. The fraction of sp³-hybridized carbons (Fsp3) is 0.688. The van der Waals surface area contributed by atoms with Crippen molar-refractivity contribution in [2.45, 2.75) is 32.4 Å². The number of carbonyl (C=O) groups is 2. The van der Waals surface area contributed by atoms with E-state index in [1.807, 2.05) is 13.8 Å². The number of hydrogen-bond acceptors (Lipinski definition) is 6. The van der Waals surface area contributed by atoms with Crippen LogP contribution in [0.2, 0.25) is 0 Å². The monoisotopic (exact) mass is 337 g/mol. The number of amides is 2. The summed E-state index contributed by atoms with van der Waals surface area (Å²) in [6.45, 7) is 7.59. The molecule has 8 nitrogen and oxygen atoms in total. The number of rotatable bonds is 2. The molecule has 0 radical (unpaired) electrons. The molecule has 8 heteroatoms. The lowest BCUT2D eigenvalue weighted by Gasteiger charge is -2.43. The number of nitrogens with zero attached hydrogens (tertiary/aromatic N) is 3. The van der Waals surface area contributed by atoms with Crippen LogP contribution in [0.25, 0.3) is 0 Å². The SMILES string of the molecule is Cc1ocnc1C(=O)N1CCOC2(COCC(=O)N(C(C)C)C2)C1. The van der Waals surface area contributed by atoms with Crippen LogP contribution in [0.5, 0.6) is 0 Å². The van der Waals surface area contributed by atoms with Crippen LogP contribution in [0.15, 0.2) is 10.8 Å². The highest BCUT2D eigenvalue weighted by Crippen LogP contribution is 2.25. The van der Waals surface area contributed by atoms with E-state index in [9.17, 15) is 9.59 Å². The fourth-order valence-corrected chi connectivity index (χ4v) is 3.18. The van der Waals surface area contributed by atoms with E-state index in [0.717, 1.165) is 0 Å². The van der Waals surface area contributed by atoms with Gasteiger partial charge < -0.3 is 23.7 Å². The molecule has 0 aromatic carbocycles. The van der Waals surface area contributed by atoms with Gasteiger partial charge in [0.2, 0.25) is 5.91 Å². The molecule has 1 aromatic heterocycles. The molecule has 0 bridgehead atoms. The molecule has 24 heavy (non-hydrogen) atoms. The Bertz CT molecular complexity index is 629. The standard InChI is InChI=1S/C16H23N3O5/c1-11(2)19-8-16(9-22-6-13(19)20)7-18(4-5-24-16)15(21)14-12(3)23-10-17-14/h10-11H,4-9H2,1-3H3. The second-order valence-electron chi connectivity index (χ2n) is 6.62. The molecular formula is C16H23N3O5. The van der Waals surface area contributed by atoms with Crippen molar-refractivity contribution in [2.75, 3.05) is 39.5 Å². The Balaban J connectivity index is 1.80. The van der Waals surface area contributed by atoms with Crippen LogP contribution >= 0.6 is 0 Å². The van der Waals surface area contributed by atoms with Crippen LogP contribution < -0.4 is 0 Å². The molecule has 0 saturated carbocycles. The topological polar surface area (TPSA) is 85.1 Å². The number of aryl methyl sites for hydroxylation is 1. The molecule has 2 amide bonds. The number of ether oxygens (including phenoxy) is 2. The summed E-state index contributed by atoms with van der Waals surface area (Å²) in [5.74, 6) is 0.258. The van der Waals surface area contributed by atoms with Gasteiger partial charge in [0.25, 0.3) is 5.91 Å². The van der Waals surface area contributed by atoms with Crippen LogP contribution in [0.1, 0.15) is 30.1 Å². The summed E-state index contributed by atoms with van der Waals surface area (Å²) in [4.78, 5) is 32.3. The molecule has 1 unspecified atom stereocenters. The van der Waals surface area contributed by atoms with Crippen LogP contribution in [-0.4, -0.2) is 77.7 Å². The summed E-state index contributed by atoms with van der Waals surface area (Å²) in [6, 6.07) is 0.0449. The van der Waals surface area contributed by atoms with Gasteiger partial charge in [-0.15, -0.1) is 0 Å². The Hall–Kier alpha value is -1.93. The van der Waals surface area contributed by atoms with Crippen molar-refractivity contribution in [3.05, 3.63) is 17.8 Å². The number of hydrogen-bond donors (Lipinski definition) is 0. The van der Waals surface area contributed by atoms with E-state index < -0.39 is 5.60 Å². The van der Waals surface area contributed by atoms with Crippen molar-refractivity contribution in [3.8, 4) is 0 Å². The Morgan fingerprint density at radius 2 is 2.17 bits per heavy atom. The second kappa shape index (κ2) is 6.52. The van der Waals surface area contributed by atoms with Gasteiger partial charge in [-0.1, -0.05) is 0 Å². The maximum absolute atomic E-state index is 12.7. The Morgan fingerprint density at radius 1 is 1.38 bits per heavy atom. The van der Waals surface area contributed by atoms with Crippen molar-refractivity contribution in [3.63, 3.8) is 0 Å². The normalized spacial score (nSPS) is 25.4. The molecular weight excluding hydrogens is 314 g/mol. The van der Waals surface area contributed by atoms with E-state index in [0.29, 0.717) is 37.7 Å². The van der Waals surface area contributed by atoms with Gasteiger partial charge in [-0.25, -0.2) is 4.98 Å². The highest BCUT2D eigenvalue weighted by molar-refractivity contribution is 5.93. The van der Waals surface area contributed by atoms with E-state index in [2.05, 4.69) is 4.98 Å². The van der Waals surface area contributed by atoms with Crippen molar-refractivity contribution in [1.82, 2.24) is 14.8 Å². The van der Waals surface area contributed by atoms with Gasteiger partial charge in [0.05, 0.1) is 26.3 Å². The van der Waals surface area contributed by atoms with Gasteiger partial charge in [-0.3, -0.25) is 9.59 Å². The van der Waals surface area contributed by atoms with Gasteiger partial charge in [0.1, 0.15) is 18.0 Å². The van der Waals surface area contributed by atoms with E-state index in [1.54, 1.807) is 16.7 Å². The molecule has 0 N–H and O–H groups in total. The quantitative estimate of drug-likeness (QED) is 0.779. The molecule has 2 aliphatic rings. The summed E-state index contributed by atoms with van der Waals surface area (Å²) in [6.07, 6.45) is 1.27. The van der Waals surface area contributed by atoms with Crippen LogP contribution in [0.3, 0.4) is 0 Å². The van der Waals surface area contributed by atoms with Gasteiger partial charge in [0.15, 0.2) is 12.1 Å².